The molecule has 1 aliphatic rings. The Hall–Kier alpha value is -3.49. The summed E-state index contributed by atoms with van der Waals surface area (Å²) in [4.78, 5) is 40.0. The van der Waals surface area contributed by atoms with Crippen LogP contribution in [0.2, 0.25) is 0 Å². The van der Waals surface area contributed by atoms with Crippen molar-refractivity contribution in [1.82, 2.24) is 26.7 Å². The molecular weight excluding hydrogens is 358 g/mol. The first-order chi connectivity index (χ1) is 13.6. The first-order valence-electron chi connectivity index (χ1n) is 8.90. The topological polar surface area (TPSA) is 115 Å². The number of aromatic amines is 1. The van der Waals surface area contributed by atoms with Crippen molar-refractivity contribution in [3.8, 4) is 0 Å². The third kappa shape index (κ3) is 3.51. The molecule has 0 bridgehead atoms. The van der Waals surface area contributed by atoms with Crippen molar-refractivity contribution in [1.29, 1.82) is 0 Å². The Labute approximate surface area is 160 Å². The number of benzene rings is 2. The maximum atomic E-state index is 12.5. The number of carbonyl (C=O) groups is 2. The van der Waals surface area contributed by atoms with Gasteiger partial charge in [-0.3, -0.25) is 25.2 Å². The van der Waals surface area contributed by atoms with Crippen molar-refractivity contribution in [3.63, 3.8) is 0 Å². The summed E-state index contributed by atoms with van der Waals surface area (Å²) in [6.45, 7) is 0. The molecule has 1 aliphatic heterocycles. The van der Waals surface area contributed by atoms with Crippen LogP contribution in [0.4, 0.5) is 0 Å². The van der Waals surface area contributed by atoms with Gasteiger partial charge in [-0.2, -0.15) is 0 Å². The van der Waals surface area contributed by atoms with Gasteiger partial charge in [-0.05, 0) is 24.1 Å². The predicted molar refractivity (Wildman–Crippen MR) is 104 cm³/mol. The van der Waals surface area contributed by atoms with Crippen LogP contribution in [-0.2, 0) is 4.79 Å². The molecule has 142 valence electrons. The van der Waals surface area contributed by atoms with Crippen molar-refractivity contribution in [2.75, 3.05) is 0 Å². The largest absolute Gasteiger partial charge is 0.360 e. The van der Waals surface area contributed by atoms with Crippen molar-refractivity contribution < 1.29 is 9.59 Å². The molecule has 5 N–H and O–H groups in total. The number of carbonyl (C=O) groups excluding carboxylic acids is 2. The molecule has 28 heavy (non-hydrogen) atoms. The smallest absolute Gasteiger partial charge is 0.275 e. The third-order valence-electron chi connectivity index (χ3n) is 4.75. The molecule has 0 aliphatic carbocycles. The van der Waals surface area contributed by atoms with Gasteiger partial charge in [0.1, 0.15) is 11.6 Å². The number of pyridine rings is 1. The molecule has 8 nitrogen and oxygen atoms in total. The van der Waals surface area contributed by atoms with Gasteiger partial charge in [-0.1, -0.05) is 42.5 Å². The Morgan fingerprint density at radius 2 is 1.68 bits per heavy atom. The zero-order chi connectivity index (χ0) is 19.5. The van der Waals surface area contributed by atoms with Gasteiger partial charge in [-0.25, -0.2) is 10.9 Å². The van der Waals surface area contributed by atoms with Crippen LogP contribution in [0.5, 0.6) is 0 Å². The molecule has 1 saturated heterocycles. The number of rotatable bonds is 3. The number of fused-ring (bicyclic) bond motifs is 1. The summed E-state index contributed by atoms with van der Waals surface area (Å²) < 4.78 is 0. The highest BCUT2D eigenvalue weighted by Crippen LogP contribution is 2.21. The average Bonchev–Trinajstić information content (AvgIpc) is 3.23. The first-order valence-corrected chi connectivity index (χ1v) is 8.90. The number of para-hydroxylation sites is 1. The first kappa shape index (κ1) is 17.9. The van der Waals surface area contributed by atoms with Gasteiger partial charge in [-0.15, -0.1) is 0 Å². The average molecular weight is 377 g/mol. The van der Waals surface area contributed by atoms with Crippen LogP contribution in [0.3, 0.4) is 0 Å². The van der Waals surface area contributed by atoms with E-state index in [-0.39, 0.29) is 11.6 Å². The molecule has 2 unspecified atom stereocenters. The minimum atomic E-state index is -0.675. The predicted octanol–water partition coefficient (Wildman–Crippen LogP) is 0.897. The lowest BCUT2D eigenvalue weighted by molar-refractivity contribution is -0.123. The maximum Gasteiger partial charge on any atom is 0.275 e. The van der Waals surface area contributed by atoms with E-state index in [1.165, 1.54) is 6.20 Å². The number of aromatic nitrogens is 1. The van der Waals surface area contributed by atoms with Gasteiger partial charge < -0.3 is 4.98 Å². The van der Waals surface area contributed by atoms with E-state index in [2.05, 4.69) is 26.7 Å². The minimum absolute atomic E-state index is 0.00372. The molecule has 2 amide bonds. The molecule has 4 rings (SSSR count). The molecular formula is C20H19N5O3. The summed E-state index contributed by atoms with van der Waals surface area (Å²) in [5, 5.41) is 0.411. The quantitative estimate of drug-likeness (QED) is 0.435. The van der Waals surface area contributed by atoms with Crippen LogP contribution >= 0.6 is 0 Å². The van der Waals surface area contributed by atoms with Crippen LogP contribution in [0, 0.1) is 0 Å². The molecule has 2 atom stereocenters. The Balaban J connectivity index is 1.38. The fourth-order valence-electron chi connectivity index (χ4n) is 3.24. The number of amides is 2. The summed E-state index contributed by atoms with van der Waals surface area (Å²) in [5.41, 5.74) is 11.9. The normalized spacial score (nSPS) is 18.7. The van der Waals surface area contributed by atoms with E-state index < -0.39 is 23.3 Å². The molecule has 8 heteroatoms. The van der Waals surface area contributed by atoms with E-state index in [1.54, 1.807) is 24.3 Å². The molecule has 1 aromatic heterocycles. The Morgan fingerprint density at radius 1 is 0.929 bits per heavy atom. The van der Waals surface area contributed by atoms with Gasteiger partial charge >= 0.3 is 0 Å². The van der Waals surface area contributed by atoms with Crippen molar-refractivity contribution in [2.45, 2.75) is 18.5 Å². The zero-order valence-electron chi connectivity index (χ0n) is 14.9. The molecule has 0 radical (unpaired) electrons. The number of hydrogen-bond donors (Lipinski definition) is 5. The van der Waals surface area contributed by atoms with E-state index in [9.17, 15) is 14.4 Å². The van der Waals surface area contributed by atoms with Gasteiger partial charge in [0.05, 0.1) is 0 Å². The maximum absolute atomic E-state index is 12.5. The molecule has 1 fully saturated rings. The SMILES string of the molecule is O=C(NNC(=O)C1CC(c2ccccc2)NN1)c1c[nH]c2ccccc2c1=O. The highest BCUT2D eigenvalue weighted by molar-refractivity contribution is 5.98. The number of nitrogens with one attached hydrogen (secondary N) is 5. The van der Waals surface area contributed by atoms with Gasteiger partial charge in [0.2, 0.25) is 5.43 Å². The fraction of sp³-hybridized carbons (Fsp3) is 0.150. The monoisotopic (exact) mass is 377 g/mol. The Bertz CT molecular complexity index is 1080. The van der Waals surface area contributed by atoms with Crippen LogP contribution in [0.25, 0.3) is 10.9 Å². The minimum Gasteiger partial charge on any atom is -0.360 e. The lowest BCUT2D eigenvalue weighted by Gasteiger charge is -2.12. The second-order valence-corrected chi connectivity index (χ2v) is 6.56. The van der Waals surface area contributed by atoms with Crippen molar-refractivity contribution in [3.05, 3.63) is 82.1 Å². The molecule has 3 aromatic rings. The number of H-pyrrole nitrogens is 1. The fourth-order valence-corrected chi connectivity index (χ4v) is 3.24. The lowest BCUT2D eigenvalue weighted by atomic mass is 10.0. The van der Waals surface area contributed by atoms with E-state index in [0.29, 0.717) is 17.3 Å². The summed E-state index contributed by atoms with van der Waals surface area (Å²) in [6, 6.07) is 16.2. The highest BCUT2D eigenvalue weighted by atomic mass is 16.2. The molecule has 2 heterocycles. The lowest BCUT2D eigenvalue weighted by Crippen LogP contribution is -2.50. The number of hydrogen-bond acceptors (Lipinski definition) is 5. The van der Waals surface area contributed by atoms with Crippen LogP contribution in [-0.4, -0.2) is 22.8 Å². The zero-order valence-corrected chi connectivity index (χ0v) is 14.9. The van der Waals surface area contributed by atoms with Crippen molar-refractivity contribution in [2.24, 2.45) is 0 Å². The van der Waals surface area contributed by atoms with Crippen LogP contribution in [0.15, 0.2) is 65.6 Å². The summed E-state index contributed by atoms with van der Waals surface area (Å²) in [7, 11) is 0. The summed E-state index contributed by atoms with van der Waals surface area (Å²) in [6.07, 6.45) is 1.87. The van der Waals surface area contributed by atoms with E-state index >= 15 is 0 Å². The standard InChI is InChI=1S/C20H19N5O3/c26-18-13-8-4-5-9-15(13)21-11-14(18)19(27)24-25-20(28)17-10-16(22-23-17)12-6-2-1-3-7-12/h1-9,11,16-17,22-23H,10H2,(H,21,26)(H,24,27)(H,25,28). The Kier molecular flexibility index (Phi) is 4.88. The van der Waals surface area contributed by atoms with Crippen LogP contribution in [0.1, 0.15) is 28.4 Å². The van der Waals surface area contributed by atoms with Crippen molar-refractivity contribution >= 4 is 22.7 Å². The van der Waals surface area contributed by atoms with Gasteiger partial charge in [0, 0.05) is 23.1 Å². The third-order valence-corrected chi connectivity index (χ3v) is 4.75. The Morgan fingerprint density at radius 3 is 2.50 bits per heavy atom. The van der Waals surface area contributed by atoms with Gasteiger partial charge in [0.15, 0.2) is 0 Å². The highest BCUT2D eigenvalue weighted by Gasteiger charge is 2.30. The second-order valence-electron chi connectivity index (χ2n) is 6.56. The van der Waals surface area contributed by atoms with Gasteiger partial charge in [0.25, 0.3) is 11.8 Å². The van der Waals surface area contributed by atoms with E-state index in [4.69, 9.17) is 0 Å². The second kappa shape index (κ2) is 7.63. The van der Waals surface area contributed by atoms with E-state index in [0.717, 1.165) is 5.56 Å². The molecule has 2 aromatic carbocycles. The molecule has 0 saturated carbocycles. The number of hydrazine groups is 2. The summed E-state index contributed by atoms with van der Waals surface area (Å²) >= 11 is 0. The van der Waals surface area contributed by atoms with Crippen LogP contribution < -0.4 is 27.1 Å². The molecule has 0 spiro atoms. The summed E-state index contributed by atoms with van der Waals surface area (Å²) in [5.74, 6) is -1.07. The van der Waals surface area contributed by atoms with E-state index in [1.807, 2.05) is 30.3 Å².